The van der Waals surface area contributed by atoms with Crippen LogP contribution >= 0.6 is 0 Å². The van der Waals surface area contributed by atoms with Gasteiger partial charge in [0.1, 0.15) is 11.6 Å². The molecule has 22 heavy (non-hydrogen) atoms. The molecule has 5 heteroatoms. The number of ether oxygens (including phenoxy) is 1. The van der Waals surface area contributed by atoms with Crippen LogP contribution in [0.25, 0.3) is 10.9 Å². The highest BCUT2D eigenvalue weighted by Gasteiger charge is 2.06. The molecule has 110 valence electrons. The van der Waals surface area contributed by atoms with Crippen molar-refractivity contribution in [3.63, 3.8) is 0 Å². The van der Waals surface area contributed by atoms with Gasteiger partial charge in [0.15, 0.2) is 0 Å². The molecular weight excluding hydrogens is 278 g/mol. The third kappa shape index (κ3) is 2.61. The third-order valence-electron chi connectivity index (χ3n) is 3.33. The van der Waals surface area contributed by atoms with E-state index in [1.165, 1.54) is 4.68 Å². The molecule has 1 aromatic heterocycles. The van der Waals surface area contributed by atoms with Crippen molar-refractivity contribution in [1.29, 1.82) is 0 Å². The fourth-order valence-electron chi connectivity index (χ4n) is 2.22. The quantitative estimate of drug-likeness (QED) is 0.697. The maximum absolute atomic E-state index is 12.5. The van der Waals surface area contributed by atoms with Crippen LogP contribution in [0.4, 0.5) is 0 Å². The van der Waals surface area contributed by atoms with Gasteiger partial charge >= 0.3 is 0 Å². The van der Waals surface area contributed by atoms with E-state index in [0.29, 0.717) is 16.7 Å². The van der Waals surface area contributed by atoms with Crippen molar-refractivity contribution in [3.05, 3.63) is 70.3 Å². The molecule has 0 bridgehead atoms. The summed E-state index contributed by atoms with van der Waals surface area (Å²) >= 11 is 0. The Labute approximate surface area is 127 Å². The van der Waals surface area contributed by atoms with Crippen LogP contribution in [0.15, 0.2) is 58.4 Å². The van der Waals surface area contributed by atoms with E-state index in [-0.39, 0.29) is 5.56 Å². The monoisotopic (exact) mass is 293 g/mol. The Morgan fingerprint density at radius 3 is 2.82 bits per heavy atom. The van der Waals surface area contributed by atoms with Gasteiger partial charge < -0.3 is 4.74 Å². The molecule has 0 aliphatic carbocycles. The van der Waals surface area contributed by atoms with Gasteiger partial charge in [-0.1, -0.05) is 24.3 Å². The summed E-state index contributed by atoms with van der Waals surface area (Å²) in [7, 11) is 1.61. The molecule has 0 radical (unpaired) electrons. The van der Waals surface area contributed by atoms with Crippen LogP contribution in [0.3, 0.4) is 0 Å². The van der Waals surface area contributed by atoms with Crippen LogP contribution in [0.1, 0.15) is 11.4 Å². The van der Waals surface area contributed by atoms with Crippen LogP contribution < -0.4 is 10.3 Å². The largest absolute Gasteiger partial charge is 0.497 e. The Morgan fingerprint density at radius 2 is 2.00 bits per heavy atom. The predicted molar refractivity (Wildman–Crippen MR) is 86.7 cm³/mol. The zero-order valence-corrected chi connectivity index (χ0v) is 12.4. The van der Waals surface area contributed by atoms with Crippen molar-refractivity contribution in [2.75, 3.05) is 7.11 Å². The standard InChI is InChI=1S/C17H15N3O2/c1-12-19-16-9-4-3-8-15(16)17(21)20(12)18-11-13-6-5-7-14(10-13)22-2/h3-11H,1-2H3/b18-11+. The third-order valence-corrected chi connectivity index (χ3v) is 3.33. The summed E-state index contributed by atoms with van der Waals surface area (Å²) in [5.41, 5.74) is 1.35. The number of methoxy groups -OCH3 is 1. The molecule has 0 aliphatic rings. The summed E-state index contributed by atoms with van der Waals surface area (Å²) in [5, 5.41) is 4.81. The van der Waals surface area contributed by atoms with Crippen molar-refractivity contribution in [3.8, 4) is 5.75 Å². The fraction of sp³-hybridized carbons (Fsp3) is 0.118. The first kappa shape index (κ1) is 14.0. The van der Waals surface area contributed by atoms with Crippen LogP contribution in [0.5, 0.6) is 5.75 Å². The van der Waals surface area contributed by atoms with Gasteiger partial charge in [-0.25, -0.2) is 4.98 Å². The number of para-hydroxylation sites is 1. The van der Waals surface area contributed by atoms with Gasteiger partial charge in [-0.2, -0.15) is 9.78 Å². The molecule has 0 saturated heterocycles. The second kappa shape index (κ2) is 5.81. The maximum atomic E-state index is 12.5. The normalized spacial score (nSPS) is 11.2. The van der Waals surface area contributed by atoms with Crippen LogP contribution in [-0.2, 0) is 0 Å². The van der Waals surface area contributed by atoms with E-state index in [2.05, 4.69) is 10.1 Å². The fourth-order valence-corrected chi connectivity index (χ4v) is 2.22. The van der Waals surface area contributed by atoms with E-state index in [4.69, 9.17) is 4.74 Å². The first-order chi connectivity index (χ1) is 10.7. The minimum atomic E-state index is -0.178. The lowest BCUT2D eigenvalue weighted by Crippen LogP contribution is -2.20. The zero-order valence-electron chi connectivity index (χ0n) is 12.4. The molecule has 1 heterocycles. The summed E-state index contributed by atoms with van der Waals surface area (Å²) in [6.45, 7) is 1.76. The van der Waals surface area contributed by atoms with Gasteiger partial charge in [0.25, 0.3) is 5.56 Å². The highest BCUT2D eigenvalue weighted by Crippen LogP contribution is 2.11. The molecular formula is C17H15N3O2. The topological polar surface area (TPSA) is 56.5 Å². The molecule has 2 aromatic carbocycles. The van der Waals surface area contributed by atoms with Crippen LogP contribution in [0, 0.1) is 6.92 Å². The summed E-state index contributed by atoms with van der Waals surface area (Å²) in [6.07, 6.45) is 1.62. The van der Waals surface area contributed by atoms with Crippen LogP contribution in [-0.4, -0.2) is 23.0 Å². The Morgan fingerprint density at radius 1 is 1.18 bits per heavy atom. The number of hydrogen-bond acceptors (Lipinski definition) is 4. The highest BCUT2D eigenvalue weighted by molar-refractivity contribution is 5.81. The van der Waals surface area contributed by atoms with Crippen molar-refractivity contribution in [2.24, 2.45) is 5.10 Å². The smallest absolute Gasteiger partial charge is 0.282 e. The Hall–Kier alpha value is -2.95. The van der Waals surface area contributed by atoms with Gasteiger partial charge in [0.2, 0.25) is 0 Å². The molecule has 0 N–H and O–H groups in total. The molecule has 0 unspecified atom stereocenters. The van der Waals surface area contributed by atoms with Gasteiger partial charge in [-0.15, -0.1) is 0 Å². The first-order valence-corrected chi connectivity index (χ1v) is 6.86. The lowest BCUT2D eigenvalue weighted by molar-refractivity contribution is 0.414. The predicted octanol–water partition coefficient (Wildman–Crippen LogP) is 2.60. The van der Waals surface area contributed by atoms with E-state index >= 15 is 0 Å². The summed E-state index contributed by atoms with van der Waals surface area (Å²) in [5.74, 6) is 1.28. The average Bonchev–Trinajstić information content (AvgIpc) is 2.55. The number of fused-ring (bicyclic) bond motifs is 1. The van der Waals surface area contributed by atoms with E-state index in [1.54, 1.807) is 26.3 Å². The van der Waals surface area contributed by atoms with Gasteiger partial charge in [-0.05, 0) is 36.8 Å². The van der Waals surface area contributed by atoms with Crippen molar-refractivity contribution in [2.45, 2.75) is 6.92 Å². The molecule has 0 fully saturated rings. The number of nitrogens with zero attached hydrogens (tertiary/aromatic N) is 3. The molecule has 5 nitrogen and oxygen atoms in total. The van der Waals surface area contributed by atoms with E-state index in [1.807, 2.05) is 42.5 Å². The van der Waals surface area contributed by atoms with Crippen molar-refractivity contribution >= 4 is 17.1 Å². The van der Waals surface area contributed by atoms with Crippen molar-refractivity contribution in [1.82, 2.24) is 9.66 Å². The number of benzene rings is 2. The molecule has 3 aromatic rings. The molecule has 0 saturated carbocycles. The molecule has 0 aliphatic heterocycles. The Kier molecular flexibility index (Phi) is 3.70. The number of aryl methyl sites for hydroxylation is 1. The lowest BCUT2D eigenvalue weighted by Gasteiger charge is -2.05. The molecule has 0 amide bonds. The second-order valence-corrected chi connectivity index (χ2v) is 4.81. The Balaban J connectivity index is 2.06. The van der Waals surface area contributed by atoms with E-state index in [0.717, 1.165) is 11.3 Å². The summed E-state index contributed by atoms with van der Waals surface area (Å²) in [4.78, 5) is 16.9. The SMILES string of the molecule is COc1cccc(/C=N/n2c(C)nc3ccccc3c2=O)c1. The van der Waals surface area contributed by atoms with Gasteiger partial charge in [0.05, 0.1) is 24.2 Å². The van der Waals surface area contributed by atoms with Gasteiger partial charge in [0, 0.05) is 0 Å². The minimum Gasteiger partial charge on any atom is -0.497 e. The molecule has 3 rings (SSSR count). The highest BCUT2D eigenvalue weighted by atomic mass is 16.5. The maximum Gasteiger partial charge on any atom is 0.282 e. The average molecular weight is 293 g/mol. The van der Waals surface area contributed by atoms with Crippen LogP contribution in [0.2, 0.25) is 0 Å². The van der Waals surface area contributed by atoms with Gasteiger partial charge in [-0.3, -0.25) is 4.79 Å². The molecule has 0 atom stereocenters. The van der Waals surface area contributed by atoms with E-state index in [9.17, 15) is 4.79 Å². The van der Waals surface area contributed by atoms with Crippen molar-refractivity contribution < 1.29 is 4.74 Å². The first-order valence-electron chi connectivity index (χ1n) is 6.86. The van der Waals surface area contributed by atoms with E-state index < -0.39 is 0 Å². The lowest BCUT2D eigenvalue weighted by atomic mass is 10.2. The Bertz CT molecular complexity index is 913. The minimum absolute atomic E-state index is 0.178. The zero-order chi connectivity index (χ0) is 15.5. The molecule has 0 spiro atoms. The summed E-state index contributed by atoms with van der Waals surface area (Å²) < 4.78 is 6.48. The summed E-state index contributed by atoms with van der Waals surface area (Å²) in [6, 6.07) is 14.7. The number of hydrogen-bond donors (Lipinski definition) is 0. The number of rotatable bonds is 3. The second-order valence-electron chi connectivity index (χ2n) is 4.81. The number of aromatic nitrogens is 2.